The molecule has 2 heteroatoms. The zero-order valence-electron chi connectivity index (χ0n) is 11.7. The lowest BCUT2D eigenvalue weighted by Crippen LogP contribution is -2.07. The van der Waals surface area contributed by atoms with Crippen molar-refractivity contribution in [3.63, 3.8) is 0 Å². The molecular weight excluding hydrogens is 240 g/mol. The highest BCUT2D eigenvalue weighted by molar-refractivity contribution is 7.99. The number of aliphatic hydroxyl groups is 1. The van der Waals surface area contributed by atoms with Crippen LogP contribution < -0.4 is 0 Å². The molecule has 2 rings (SSSR count). The Morgan fingerprint density at radius 2 is 1.72 bits per heavy atom. The van der Waals surface area contributed by atoms with Gasteiger partial charge in [-0.2, -0.15) is 11.8 Å². The average molecular weight is 264 g/mol. The molecule has 1 N–H and O–H groups in total. The molecule has 0 bridgehead atoms. The standard InChI is InChI=1S/C16H24OS/c1-11-8-13(3)15(9-12(11)2)16(17)10-18-14-6-4-5-7-14/h8-9,14,16-17H,4-7,10H2,1-3H3. The lowest BCUT2D eigenvalue weighted by molar-refractivity contribution is 0.203. The van der Waals surface area contributed by atoms with Crippen LogP contribution >= 0.6 is 11.8 Å². The van der Waals surface area contributed by atoms with Gasteiger partial charge in [-0.1, -0.05) is 25.0 Å². The van der Waals surface area contributed by atoms with Crippen LogP contribution in [-0.4, -0.2) is 16.1 Å². The maximum atomic E-state index is 10.4. The van der Waals surface area contributed by atoms with Crippen molar-refractivity contribution in [2.75, 3.05) is 5.75 Å². The van der Waals surface area contributed by atoms with Crippen molar-refractivity contribution in [2.24, 2.45) is 0 Å². The van der Waals surface area contributed by atoms with Gasteiger partial charge >= 0.3 is 0 Å². The third kappa shape index (κ3) is 3.30. The maximum absolute atomic E-state index is 10.4. The van der Waals surface area contributed by atoms with Gasteiger partial charge in [0.25, 0.3) is 0 Å². The van der Waals surface area contributed by atoms with Gasteiger partial charge in [0.05, 0.1) is 6.10 Å². The molecule has 1 aliphatic rings. The first-order valence-corrected chi connectivity index (χ1v) is 8.00. The van der Waals surface area contributed by atoms with Crippen molar-refractivity contribution in [2.45, 2.75) is 57.8 Å². The minimum Gasteiger partial charge on any atom is -0.388 e. The van der Waals surface area contributed by atoms with E-state index in [1.54, 1.807) is 0 Å². The van der Waals surface area contributed by atoms with Crippen LogP contribution in [0.25, 0.3) is 0 Å². The normalized spacial score (nSPS) is 18.2. The molecule has 1 nitrogen and oxygen atoms in total. The fraction of sp³-hybridized carbons (Fsp3) is 0.625. The molecule has 1 atom stereocenters. The summed E-state index contributed by atoms with van der Waals surface area (Å²) in [6, 6.07) is 4.35. The summed E-state index contributed by atoms with van der Waals surface area (Å²) in [6.07, 6.45) is 5.11. The van der Waals surface area contributed by atoms with Crippen molar-refractivity contribution < 1.29 is 5.11 Å². The van der Waals surface area contributed by atoms with Crippen LogP contribution in [0.5, 0.6) is 0 Å². The van der Waals surface area contributed by atoms with Gasteiger partial charge in [-0.15, -0.1) is 0 Å². The molecule has 0 heterocycles. The van der Waals surface area contributed by atoms with Gasteiger partial charge < -0.3 is 5.11 Å². The summed E-state index contributed by atoms with van der Waals surface area (Å²) in [4.78, 5) is 0. The third-order valence-electron chi connectivity index (χ3n) is 4.03. The summed E-state index contributed by atoms with van der Waals surface area (Å²) in [6.45, 7) is 6.35. The van der Waals surface area contributed by atoms with Crippen molar-refractivity contribution in [3.8, 4) is 0 Å². The summed E-state index contributed by atoms with van der Waals surface area (Å²) >= 11 is 1.96. The molecule has 1 aromatic carbocycles. The average Bonchev–Trinajstić information content (AvgIpc) is 2.84. The Bertz CT molecular complexity index is 408. The minimum absolute atomic E-state index is 0.310. The van der Waals surface area contributed by atoms with Gasteiger partial charge in [0.1, 0.15) is 0 Å². The highest BCUT2D eigenvalue weighted by atomic mass is 32.2. The number of rotatable bonds is 4. The second-order valence-electron chi connectivity index (χ2n) is 5.55. The van der Waals surface area contributed by atoms with E-state index in [9.17, 15) is 5.11 Å². The topological polar surface area (TPSA) is 20.2 Å². The van der Waals surface area contributed by atoms with Crippen LogP contribution in [0, 0.1) is 20.8 Å². The van der Waals surface area contributed by atoms with Crippen molar-refractivity contribution in [3.05, 3.63) is 34.4 Å². The van der Waals surface area contributed by atoms with Crippen molar-refractivity contribution in [1.82, 2.24) is 0 Å². The fourth-order valence-corrected chi connectivity index (χ4v) is 4.01. The van der Waals surface area contributed by atoms with E-state index in [0.29, 0.717) is 0 Å². The van der Waals surface area contributed by atoms with Gasteiger partial charge in [0, 0.05) is 11.0 Å². The summed E-state index contributed by atoms with van der Waals surface area (Å²) in [5.41, 5.74) is 4.92. The lowest BCUT2D eigenvalue weighted by atomic mass is 9.98. The monoisotopic (exact) mass is 264 g/mol. The molecule has 1 aromatic rings. The zero-order valence-corrected chi connectivity index (χ0v) is 12.5. The van der Waals surface area contributed by atoms with Crippen molar-refractivity contribution in [1.29, 1.82) is 0 Å². The maximum Gasteiger partial charge on any atom is 0.0883 e. The van der Waals surface area contributed by atoms with Crippen LogP contribution in [0.3, 0.4) is 0 Å². The molecule has 1 saturated carbocycles. The molecule has 0 aromatic heterocycles. The fourth-order valence-electron chi connectivity index (χ4n) is 2.71. The summed E-state index contributed by atoms with van der Waals surface area (Å²) in [7, 11) is 0. The highest BCUT2D eigenvalue weighted by Crippen LogP contribution is 2.33. The van der Waals surface area contributed by atoms with E-state index in [1.165, 1.54) is 42.4 Å². The molecule has 100 valence electrons. The second kappa shape index (κ2) is 6.12. The first kappa shape index (κ1) is 14.0. The first-order valence-electron chi connectivity index (χ1n) is 6.95. The van der Waals surface area contributed by atoms with Crippen LogP contribution in [-0.2, 0) is 0 Å². The quantitative estimate of drug-likeness (QED) is 0.874. The van der Waals surface area contributed by atoms with E-state index in [4.69, 9.17) is 0 Å². The SMILES string of the molecule is Cc1cc(C)c(C(O)CSC2CCCC2)cc1C. The molecule has 0 radical (unpaired) electrons. The van der Waals surface area contributed by atoms with Gasteiger partial charge in [0.15, 0.2) is 0 Å². The number of aliphatic hydroxyl groups excluding tert-OH is 1. The van der Waals surface area contributed by atoms with E-state index >= 15 is 0 Å². The Morgan fingerprint density at radius 1 is 1.11 bits per heavy atom. The first-order chi connectivity index (χ1) is 8.58. The molecule has 18 heavy (non-hydrogen) atoms. The molecule has 1 aliphatic carbocycles. The number of hydrogen-bond donors (Lipinski definition) is 1. The molecule has 1 unspecified atom stereocenters. The summed E-state index contributed by atoms with van der Waals surface area (Å²) in [5, 5.41) is 11.1. The number of benzene rings is 1. The molecule has 0 amide bonds. The summed E-state index contributed by atoms with van der Waals surface area (Å²) in [5.74, 6) is 0.841. The molecular formula is C16H24OS. The van der Waals surface area contributed by atoms with E-state index < -0.39 is 0 Å². The molecule has 0 saturated heterocycles. The number of hydrogen-bond acceptors (Lipinski definition) is 2. The Hall–Kier alpha value is -0.470. The smallest absolute Gasteiger partial charge is 0.0883 e. The Kier molecular flexibility index (Phi) is 4.74. The van der Waals surface area contributed by atoms with E-state index in [-0.39, 0.29) is 6.10 Å². The van der Waals surface area contributed by atoms with Gasteiger partial charge in [-0.3, -0.25) is 0 Å². The Labute approximate surface area is 115 Å². The van der Waals surface area contributed by atoms with Gasteiger partial charge in [-0.25, -0.2) is 0 Å². The number of thioether (sulfide) groups is 1. The predicted molar refractivity (Wildman–Crippen MR) is 80.3 cm³/mol. The Morgan fingerprint density at radius 3 is 2.39 bits per heavy atom. The van der Waals surface area contributed by atoms with E-state index in [2.05, 4.69) is 32.9 Å². The zero-order chi connectivity index (χ0) is 13.1. The van der Waals surface area contributed by atoms with Crippen LogP contribution in [0.1, 0.15) is 54.0 Å². The number of aryl methyl sites for hydroxylation is 3. The highest BCUT2D eigenvalue weighted by Gasteiger charge is 2.18. The second-order valence-corrected chi connectivity index (χ2v) is 6.88. The predicted octanol–water partition coefficient (Wildman–Crippen LogP) is 4.32. The van der Waals surface area contributed by atoms with Gasteiger partial charge in [-0.05, 0) is 55.9 Å². The van der Waals surface area contributed by atoms with E-state index in [0.717, 1.165) is 16.6 Å². The summed E-state index contributed by atoms with van der Waals surface area (Å²) < 4.78 is 0. The van der Waals surface area contributed by atoms with Crippen LogP contribution in [0.2, 0.25) is 0 Å². The van der Waals surface area contributed by atoms with Crippen LogP contribution in [0.4, 0.5) is 0 Å². The third-order valence-corrected chi connectivity index (χ3v) is 5.48. The Balaban J connectivity index is 1.99. The minimum atomic E-state index is -0.310. The molecule has 0 aliphatic heterocycles. The van der Waals surface area contributed by atoms with Gasteiger partial charge in [0.2, 0.25) is 0 Å². The molecule has 1 fully saturated rings. The van der Waals surface area contributed by atoms with Crippen LogP contribution in [0.15, 0.2) is 12.1 Å². The van der Waals surface area contributed by atoms with E-state index in [1.807, 2.05) is 11.8 Å². The lowest BCUT2D eigenvalue weighted by Gasteiger charge is -2.17. The van der Waals surface area contributed by atoms with Crippen molar-refractivity contribution >= 4 is 11.8 Å². The largest absolute Gasteiger partial charge is 0.388 e. The molecule has 0 spiro atoms.